The summed E-state index contributed by atoms with van der Waals surface area (Å²) in [6.45, 7) is 28.8. The van der Waals surface area contributed by atoms with Crippen molar-refractivity contribution in [2.45, 2.75) is 168 Å². The lowest BCUT2D eigenvalue weighted by Crippen LogP contribution is -2.16. The molecule has 0 amide bonds. The molecule has 8 aromatic carbocycles. The number of anilines is 6. The third kappa shape index (κ3) is 7.16. The summed E-state index contributed by atoms with van der Waals surface area (Å²) in [5.41, 5.74) is 22.8. The van der Waals surface area contributed by atoms with Crippen molar-refractivity contribution in [3.8, 4) is 0 Å². The van der Waals surface area contributed by atoms with E-state index >= 15 is 0 Å². The molecule has 8 aromatic rings. The van der Waals surface area contributed by atoms with E-state index in [1.165, 1.54) is 148 Å². The van der Waals surface area contributed by atoms with E-state index in [1.807, 2.05) is 0 Å². The summed E-state index contributed by atoms with van der Waals surface area (Å²) in [7, 11) is 0. The maximum absolute atomic E-state index is 2.64. The number of aryl methyl sites for hydroxylation is 4. The van der Waals surface area contributed by atoms with E-state index in [4.69, 9.17) is 0 Å². The van der Waals surface area contributed by atoms with Gasteiger partial charge in [0.25, 0.3) is 0 Å². The SMILES string of the molecule is CC(C)c1ccc2c(c1)c(N(c1ccc3c(c1)CCC3(C)C)c1ccc3c(c1)C(C)(C)CC3)cc1c3ccc(C(C)C)cc3c(N(c3ccc4c(c3)CCC4(C)C)c3ccc4c(c3)C(C)(C)CC4)cc21. The van der Waals surface area contributed by atoms with Crippen LogP contribution >= 0.6 is 0 Å². The molecule has 2 nitrogen and oxygen atoms in total. The van der Waals surface area contributed by atoms with Crippen molar-refractivity contribution in [1.82, 2.24) is 0 Å². The first-order valence-electron chi connectivity index (χ1n) is 26.9. The number of hydrogen-bond acceptors (Lipinski definition) is 2. The van der Waals surface area contributed by atoms with Gasteiger partial charge in [-0.3, -0.25) is 0 Å². The van der Waals surface area contributed by atoms with Gasteiger partial charge in [-0.2, -0.15) is 0 Å². The molecule has 0 heterocycles. The Kier molecular flexibility index (Phi) is 10.2. The van der Waals surface area contributed by atoms with Crippen LogP contribution in [0.25, 0.3) is 32.3 Å². The number of benzene rings is 8. The molecule has 4 aliphatic carbocycles. The molecule has 0 saturated heterocycles. The van der Waals surface area contributed by atoms with Crippen molar-refractivity contribution in [3.63, 3.8) is 0 Å². The fourth-order valence-electron chi connectivity index (χ4n) is 13.6. The monoisotopic (exact) mass is 919 g/mol. The van der Waals surface area contributed by atoms with Crippen LogP contribution < -0.4 is 9.80 Å². The van der Waals surface area contributed by atoms with Gasteiger partial charge in [0.1, 0.15) is 0 Å². The Morgan fingerprint density at radius 3 is 1.04 bits per heavy atom. The van der Waals surface area contributed by atoms with E-state index in [0.717, 1.165) is 25.7 Å². The third-order valence-electron chi connectivity index (χ3n) is 18.3. The zero-order valence-corrected chi connectivity index (χ0v) is 44.3. The molecule has 0 aliphatic heterocycles. The Morgan fingerprint density at radius 2 is 0.657 bits per heavy atom. The minimum Gasteiger partial charge on any atom is -0.310 e. The van der Waals surface area contributed by atoms with Crippen LogP contribution in [0.1, 0.15) is 176 Å². The van der Waals surface area contributed by atoms with Crippen LogP contribution in [0.4, 0.5) is 34.1 Å². The Morgan fingerprint density at radius 1 is 0.314 bits per heavy atom. The molecule has 0 saturated carbocycles. The van der Waals surface area contributed by atoms with E-state index < -0.39 is 0 Å². The van der Waals surface area contributed by atoms with Crippen LogP contribution in [0, 0.1) is 0 Å². The summed E-state index contributed by atoms with van der Waals surface area (Å²) in [4.78, 5) is 5.28. The van der Waals surface area contributed by atoms with Crippen molar-refractivity contribution >= 4 is 66.4 Å². The highest BCUT2D eigenvalue weighted by Gasteiger charge is 2.36. The highest BCUT2D eigenvalue weighted by Crippen LogP contribution is 2.53. The van der Waals surface area contributed by atoms with Crippen molar-refractivity contribution in [2.75, 3.05) is 9.80 Å². The van der Waals surface area contributed by atoms with Gasteiger partial charge >= 0.3 is 0 Å². The molecule has 0 fully saturated rings. The van der Waals surface area contributed by atoms with E-state index in [9.17, 15) is 0 Å². The maximum Gasteiger partial charge on any atom is 0.0546 e. The summed E-state index contributed by atoms with van der Waals surface area (Å²) >= 11 is 0. The average Bonchev–Trinajstić information content (AvgIpc) is 4.03. The fourth-order valence-corrected chi connectivity index (χ4v) is 13.6. The summed E-state index contributed by atoms with van der Waals surface area (Å²) < 4.78 is 0. The van der Waals surface area contributed by atoms with Crippen LogP contribution in [-0.2, 0) is 47.3 Å². The van der Waals surface area contributed by atoms with Crippen LogP contribution in [0.15, 0.2) is 121 Å². The largest absolute Gasteiger partial charge is 0.310 e. The molecule has 0 bridgehead atoms. The van der Waals surface area contributed by atoms with Crippen molar-refractivity contribution < 1.29 is 0 Å². The molecule has 0 spiro atoms. The molecule has 12 rings (SSSR count). The van der Waals surface area contributed by atoms with E-state index in [1.54, 1.807) is 0 Å². The molecule has 0 unspecified atom stereocenters. The van der Waals surface area contributed by atoms with Gasteiger partial charge in [-0.1, -0.05) is 132 Å². The van der Waals surface area contributed by atoms with E-state index in [-0.39, 0.29) is 21.7 Å². The van der Waals surface area contributed by atoms with E-state index in [0.29, 0.717) is 11.8 Å². The summed E-state index contributed by atoms with van der Waals surface area (Å²) in [6, 6.07) is 49.6. The van der Waals surface area contributed by atoms with Crippen LogP contribution in [-0.4, -0.2) is 0 Å². The third-order valence-corrected chi connectivity index (χ3v) is 18.3. The number of hydrogen-bond donors (Lipinski definition) is 0. The first-order chi connectivity index (χ1) is 33.3. The topological polar surface area (TPSA) is 6.48 Å². The highest BCUT2D eigenvalue weighted by molar-refractivity contribution is 6.25. The molecule has 2 heteroatoms. The van der Waals surface area contributed by atoms with Crippen LogP contribution in [0.2, 0.25) is 0 Å². The molecule has 0 aromatic heterocycles. The smallest absolute Gasteiger partial charge is 0.0546 e. The van der Waals surface area contributed by atoms with Crippen molar-refractivity contribution in [3.05, 3.63) is 177 Å². The zero-order valence-electron chi connectivity index (χ0n) is 44.3. The normalized spacial score (nSPS) is 18.0. The molecule has 0 atom stereocenters. The molecule has 4 aliphatic rings. The average molecular weight is 919 g/mol. The second kappa shape index (κ2) is 15.8. The second-order valence-corrected chi connectivity index (χ2v) is 25.4. The van der Waals surface area contributed by atoms with Gasteiger partial charge in [0, 0.05) is 33.5 Å². The molecular formula is C68H74N2. The minimum absolute atomic E-state index is 0.130. The van der Waals surface area contributed by atoms with Gasteiger partial charge in [0.2, 0.25) is 0 Å². The van der Waals surface area contributed by atoms with E-state index in [2.05, 4.69) is 214 Å². The standard InChI is InChI=1S/C68H74N2/c1-41(2)45-15-21-53-55-40-64(70(50-20-24-60-48(34-50)28-32-66(60,7)8)52-18-14-44-26-30-68(11,12)62(44)38-52)58-36-46(42(3)4)16-22-54(58)56(55)39-63(57(53)35-45)69(49-19-23-59-47(33-49)27-31-65(59,5)6)51-17-13-43-25-29-67(9,10)61(43)37-51/h13-24,33-42H,25-32H2,1-12H3. The Bertz CT molecular complexity index is 3230. The van der Waals surface area contributed by atoms with Crippen LogP contribution in [0.3, 0.4) is 0 Å². The second-order valence-electron chi connectivity index (χ2n) is 25.4. The van der Waals surface area contributed by atoms with Gasteiger partial charge in [-0.05, 0) is 235 Å². The summed E-state index contributed by atoms with van der Waals surface area (Å²) in [5.74, 6) is 0.769. The Balaban J connectivity index is 1.18. The van der Waals surface area contributed by atoms with Gasteiger partial charge in [0.05, 0.1) is 11.4 Å². The highest BCUT2D eigenvalue weighted by atomic mass is 15.2. The Hall–Kier alpha value is -5.86. The lowest BCUT2D eigenvalue weighted by Gasteiger charge is -2.32. The first kappa shape index (κ1) is 45.3. The predicted octanol–water partition coefficient (Wildman–Crippen LogP) is 19.2. The van der Waals surface area contributed by atoms with Crippen molar-refractivity contribution in [1.29, 1.82) is 0 Å². The summed E-state index contributed by atoms with van der Waals surface area (Å²) in [6.07, 6.45) is 9.26. The number of nitrogens with zero attached hydrogens (tertiary/aromatic N) is 2. The quantitative estimate of drug-likeness (QED) is 0.140. The van der Waals surface area contributed by atoms with Gasteiger partial charge in [-0.15, -0.1) is 0 Å². The lowest BCUT2D eigenvalue weighted by molar-refractivity contribution is 0.522. The Labute approximate surface area is 419 Å². The van der Waals surface area contributed by atoms with Gasteiger partial charge < -0.3 is 9.80 Å². The fraction of sp³-hybridized carbons (Fsp3) is 0.382. The number of fused-ring (bicyclic) bond motifs is 9. The molecule has 356 valence electrons. The van der Waals surface area contributed by atoms with Gasteiger partial charge in [-0.25, -0.2) is 0 Å². The minimum atomic E-state index is 0.130. The molecule has 0 N–H and O–H groups in total. The molecule has 70 heavy (non-hydrogen) atoms. The maximum atomic E-state index is 2.64. The molecular weight excluding hydrogens is 845 g/mol. The van der Waals surface area contributed by atoms with Crippen LogP contribution in [0.5, 0.6) is 0 Å². The number of rotatable bonds is 8. The predicted molar refractivity (Wildman–Crippen MR) is 302 cm³/mol. The lowest BCUT2D eigenvalue weighted by atomic mass is 9.85. The van der Waals surface area contributed by atoms with Crippen molar-refractivity contribution in [2.24, 2.45) is 0 Å². The molecule has 0 radical (unpaired) electrons. The van der Waals surface area contributed by atoms with Gasteiger partial charge in [0.15, 0.2) is 0 Å². The first-order valence-corrected chi connectivity index (χ1v) is 26.9. The zero-order chi connectivity index (χ0) is 48.8. The summed E-state index contributed by atoms with van der Waals surface area (Å²) in [5, 5.41) is 7.80.